The van der Waals surface area contributed by atoms with Gasteiger partial charge < -0.3 is 9.47 Å². The van der Waals surface area contributed by atoms with E-state index < -0.39 is 41.2 Å². The zero-order chi connectivity index (χ0) is 29.0. The summed E-state index contributed by atoms with van der Waals surface area (Å²) in [7, 11) is 0. The van der Waals surface area contributed by atoms with Gasteiger partial charge in [0.15, 0.2) is 0 Å². The number of rotatable bonds is 7. The minimum absolute atomic E-state index is 0.0105. The molecule has 0 unspecified atom stereocenters. The van der Waals surface area contributed by atoms with E-state index in [9.17, 15) is 31.1 Å². The topological polar surface area (TPSA) is 38.8 Å². The molecule has 4 rings (SSSR count). The molecule has 3 aromatic carbocycles. The second kappa shape index (κ2) is 11.8. The van der Waals surface area contributed by atoms with E-state index in [-0.39, 0.29) is 24.8 Å². The summed E-state index contributed by atoms with van der Waals surface area (Å²) >= 11 is 0. The van der Waals surface area contributed by atoms with Crippen molar-refractivity contribution in [2.45, 2.75) is 50.4 Å². The first-order valence-corrected chi connectivity index (χ1v) is 12.5. The molecule has 0 bridgehead atoms. The van der Waals surface area contributed by atoms with Crippen LogP contribution in [0.2, 0.25) is 0 Å². The molecular weight excluding hydrogens is 536 g/mol. The first kappa shape index (κ1) is 29.2. The maximum absolute atomic E-state index is 13.4. The summed E-state index contributed by atoms with van der Waals surface area (Å²) in [6.07, 6.45) is -7.48. The van der Waals surface area contributed by atoms with Crippen LogP contribution in [0.1, 0.15) is 53.7 Å². The zero-order valence-corrected chi connectivity index (χ0v) is 21.5. The first-order chi connectivity index (χ1) is 18.9. The van der Waals surface area contributed by atoms with Crippen LogP contribution >= 0.6 is 0 Å². The lowest BCUT2D eigenvalue weighted by Gasteiger charge is -2.44. The molecule has 10 heteroatoms. The molecule has 212 valence electrons. The van der Waals surface area contributed by atoms with Crippen molar-refractivity contribution in [3.63, 3.8) is 0 Å². The molecule has 0 aromatic heterocycles. The second-order valence-corrected chi connectivity index (χ2v) is 9.52. The van der Waals surface area contributed by atoms with Crippen LogP contribution in [0.15, 0.2) is 91.1 Å². The van der Waals surface area contributed by atoms with E-state index in [4.69, 9.17) is 9.47 Å². The zero-order valence-electron chi connectivity index (χ0n) is 21.5. The smallest absolute Gasteiger partial charge is 0.416 e. The summed E-state index contributed by atoms with van der Waals surface area (Å²) in [6.45, 7) is 1.18. The van der Waals surface area contributed by atoms with Gasteiger partial charge in [0.25, 0.3) is 0 Å². The van der Waals surface area contributed by atoms with Gasteiger partial charge in [0.2, 0.25) is 0 Å². The van der Waals surface area contributed by atoms with Gasteiger partial charge in [-0.2, -0.15) is 26.3 Å². The molecule has 0 aliphatic carbocycles. The third-order valence-electron chi connectivity index (χ3n) is 6.80. The third kappa shape index (κ3) is 6.67. The van der Waals surface area contributed by atoms with Crippen molar-refractivity contribution in [1.82, 2.24) is 4.90 Å². The van der Waals surface area contributed by atoms with Crippen LogP contribution in [0.5, 0.6) is 0 Å². The number of halogens is 6. The van der Waals surface area contributed by atoms with Crippen LogP contribution in [0.25, 0.3) is 0 Å². The third-order valence-corrected chi connectivity index (χ3v) is 6.80. The SMILES string of the molecule is C[C@@H](OC[C@@]1(c2ccccc2)CCC=CN1C(=O)OCc1ccccc1)c1cc(C(F)(F)F)cc(C(F)(F)F)c1. The van der Waals surface area contributed by atoms with E-state index in [1.807, 2.05) is 18.2 Å². The molecule has 0 N–H and O–H groups in total. The van der Waals surface area contributed by atoms with Crippen LogP contribution in [-0.2, 0) is 34.0 Å². The van der Waals surface area contributed by atoms with E-state index in [2.05, 4.69) is 0 Å². The van der Waals surface area contributed by atoms with Crippen molar-refractivity contribution in [2.24, 2.45) is 0 Å². The molecule has 0 saturated carbocycles. The molecule has 2 atom stereocenters. The van der Waals surface area contributed by atoms with Gasteiger partial charge in [-0.15, -0.1) is 0 Å². The quantitative estimate of drug-likeness (QED) is 0.270. The average molecular weight is 564 g/mol. The molecule has 1 amide bonds. The standard InChI is InChI=1S/C30H27F6NO3/c1-21(23-16-25(29(31,32)33)18-26(17-23)30(34,35)36)40-20-28(24-12-6-3-7-13-24)14-8-9-15-37(28)27(38)39-19-22-10-4-2-5-11-22/h2-7,9-13,15-18,21H,8,14,19-20H2,1H3/t21-,28-/m1/s1. The van der Waals surface area contributed by atoms with E-state index in [1.165, 1.54) is 11.8 Å². The maximum atomic E-state index is 13.4. The number of carbonyl (C=O) groups excluding carboxylic acids is 1. The molecule has 0 fully saturated rings. The summed E-state index contributed by atoms with van der Waals surface area (Å²) in [5.41, 5.74) is -2.78. The Morgan fingerprint density at radius 1 is 0.900 bits per heavy atom. The van der Waals surface area contributed by atoms with Crippen molar-refractivity contribution in [2.75, 3.05) is 6.61 Å². The van der Waals surface area contributed by atoms with Crippen LogP contribution in [0, 0.1) is 0 Å². The second-order valence-electron chi connectivity index (χ2n) is 9.52. The van der Waals surface area contributed by atoms with Crippen LogP contribution in [0.3, 0.4) is 0 Å². The number of benzene rings is 3. The Kier molecular flexibility index (Phi) is 8.58. The first-order valence-electron chi connectivity index (χ1n) is 12.5. The highest BCUT2D eigenvalue weighted by Gasteiger charge is 2.44. The maximum Gasteiger partial charge on any atom is 0.416 e. The fourth-order valence-electron chi connectivity index (χ4n) is 4.62. The molecule has 1 heterocycles. The average Bonchev–Trinajstić information content (AvgIpc) is 2.94. The van der Waals surface area contributed by atoms with Gasteiger partial charge in [0.05, 0.1) is 29.4 Å². The van der Waals surface area contributed by atoms with Gasteiger partial charge in [-0.1, -0.05) is 66.7 Å². The Balaban J connectivity index is 1.64. The number of amides is 1. The largest absolute Gasteiger partial charge is 0.444 e. The Labute approximate surface area is 227 Å². The highest BCUT2D eigenvalue weighted by Crippen LogP contribution is 2.41. The fourth-order valence-corrected chi connectivity index (χ4v) is 4.62. The Morgan fingerprint density at radius 3 is 2.05 bits per heavy atom. The molecule has 1 aliphatic rings. The van der Waals surface area contributed by atoms with Crippen molar-refractivity contribution < 1.29 is 40.6 Å². The number of hydrogen-bond acceptors (Lipinski definition) is 3. The number of ether oxygens (including phenoxy) is 2. The Hall–Kier alpha value is -3.79. The van der Waals surface area contributed by atoms with Gasteiger partial charge in [0.1, 0.15) is 6.61 Å². The lowest BCUT2D eigenvalue weighted by Crippen LogP contribution is -2.51. The highest BCUT2D eigenvalue weighted by molar-refractivity contribution is 5.71. The van der Waals surface area contributed by atoms with Crippen molar-refractivity contribution >= 4 is 6.09 Å². The predicted molar refractivity (Wildman–Crippen MR) is 136 cm³/mol. The molecule has 3 aromatic rings. The van der Waals surface area contributed by atoms with Crippen LogP contribution in [-0.4, -0.2) is 17.6 Å². The molecule has 0 radical (unpaired) electrons. The lowest BCUT2D eigenvalue weighted by atomic mass is 9.82. The fraction of sp³-hybridized carbons (Fsp3) is 0.300. The van der Waals surface area contributed by atoms with Crippen molar-refractivity contribution in [1.29, 1.82) is 0 Å². The number of allylic oxidation sites excluding steroid dienone is 1. The summed E-state index contributed by atoms with van der Waals surface area (Å²) in [6, 6.07) is 19.4. The number of alkyl halides is 6. The summed E-state index contributed by atoms with van der Waals surface area (Å²) in [5, 5.41) is 0. The van der Waals surface area contributed by atoms with Crippen molar-refractivity contribution in [3.05, 3.63) is 119 Å². The van der Waals surface area contributed by atoms with E-state index >= 15 is 0 Å². The van der Waals surface area contributed by atoms with E-state index in [0.29, 0.717) is 30.5 Å². The minimum atomic E-state index is -4.98. The molecular formula is C30H27F6NO3. The van der Waals surface area contributed by atoms with Gasteiger partial charge in [0, 0.05) is 6.20 Å². The summed E-state index contributed by atoms with van der Waals surface area (Å²) in [4.78, 5) is 14.7. The monoisotopic (exact) mass is 563 g/mol. The van der Waals surface area contributed by atoms with Crippen LogP contribution < -0.4 is 0 Å². The molecule has 1 aliphatic heterocycles. The van der Waals surface area contributed by atoms with E-state index in [0.717, 1.165) is 5.56 Å². The number of hydrogen-bond donors (Lipinski definition) is 0. The van der Waals surface area contributed by atoms with Gasteiger partial charge in [-0.3, -0.25) is 4.90 Å². The van der Waals surface area contributed by atoms with Gasteiger partial charge in [-0.25, -0.2) is 4.79 Å². The summed E-state index contributed by atoms with van der Waals surface area (Å²) < 4.78 is 92.1. The molecule has 0 saturated heterocycles. The highest BCUT2D eigenvalue weighted by atomic mass is 19.4. The Bertz CT molecular complexity index is 1290. The molecule has 40 heavy (non-hydrogen) atoms. The van der Waals surface area contributed by atoms with Gasteiger partial charge in [-0.05, 0) is 54.7 Å². The molecule has 4 nitrogen and oxygen atoms in total. The van der Waals surface area contributed by atoms with Gasteiger partial charge >= 0.3 is 18.4 Å². The predicted octanol–water partition coefficient (Wildman–Crippen LogP) is 8.64. The normalized spacial score (nSPS) is 18.4. The number of nitrogens with zero attached hydrogens (tertiary/aromatic N) is 1. The van der Waals surface area contributed by atoms with Crippen LogP contribution in [0.4, 0.5) is 31.1 Å². The Morgan fingerprint density at radius 2 is 1.48 bits per heavy atom. The van der Waals surface area contributed by atoms with E-state index in [1.54, 1.807) is 54.7 Å². The minimum Gasteiger partial charge on any atom is -0.444 e. The number of carbonyl (C=O) groups is 1. The summed E-state index contributed by atoms with van der Waals surface area (Å²) in [5.74, 6) is 0. The molecule has 0 spiro atoms. The van der Waals surface area contributed by atoms with Crippen molar-refractivity contribution in [3.8, 4) is 0 Å². The lowest BCUT2D eigenvalue weighted by molar-refractivity contribution is -0.143.